The van der Waals surface area contributed by atoms with Crippen molar-refractivity contribution in [3.63, 3.8) is 0 Å². The number of phenolic OH excluding ortho intramolecular Hbond substituents is 1. The number of fused-ring (bicyclic) bond motifs is 1. The molecule has 140 valence electrons. The van der Waals surface area contributed by atoms with E-state index in [4.69, 9.17) is 9.47 Å². The van der Waals surface area contributed by atoms with Gasteiger partial charge < -0.3 is 14.6 Å². The average molecular weight is 348 g/mol. The summed E-state index contributed by atoms with van der Waals surface area (Å²) in [6.07, 6.45) is 13.0. The van der Waals surface area contributed by atoms with Crippen LogP contribution in [0.25, 0.3) is 0 Å². The standard InChI is InChI=1S/C21H32O4/c1-3-4-5-6-7-8-9-10-11-12-17-13-16-14-18(24-2)15-19(22)20(16)21(23)25-17/h14-15,17,22H,3-13H2,1-2H3/t17-/m1/s1. The highest BCUT2D eigenvalue weighted by atomic mass is 16.5. The van der Waals surface area contributed by atoms with E-state index in [1.807, 2.05) is 6.07 Å². The van der Waals surface area contributed by atoms with Gasteiger partial charge in [-0.25, -0.2) is 4.79 Å². The van der Waals surface area contributed by atoms with Crippen molar-refractivity contribution in [2.45, 2.75) is 83.7 Å². The third-order valence-corrected chi connectivity index (χ3v) is 4.96. The maximum atomic E-state index is 12.2. The molecule has 1 N–H and O–H groups in total. The molecule has 0 unspecified atom stereocenters. The van der Waals surface area contributed by atoms with E-state index in [2.05, 4.69) is 6.92 Å². The van der Waals surface area contributed by atoms with Crippen LogP contribution in [-0.2, 0) is 11.2 Å². The Labute approximate surface area is 151 Å². The number of methoxy groups -OCH3 is 1. The number of ether oxygens (including phenoxy) is 2. The second kappa shape index (κ2) is 10.3. The van der Waals surface area contributed by atoms with Crippen LogP contribution in [0.15, 0.2) is 12.1 Å². The number of esters is 1. The fourth-order valence-corrected chi connectivity index (χ4v) is 3.51. The van der Waals surface area contributed by atoms with Crippen LogP contribution >= 0.6 is 0 Å². The molecule has 4 heteroatoms. The summed E-state index contributed by atoms with van der Waals surface area (Å²) in [6, 6.07) is 3.29. The molecule has 1 heterocycles. The Morgan fingerprint density at radius 1 is 1.08 bits per heavy atom. The van der Waals surface area contributed by atoms with Gasteiger partial charge in [-0.15, -0.1) is 0 Å². The molecule has 1 atom stereocenters. The number of unbranched alkanes of at least 4 members (excludes halogenated alkanes) is 8. The van der Waals surface area contributed by atoms with Crippen molar-refractivity contribution < 1.29 is 19.4 Å². The number of carbonyl (C=O) groups is 1. The fourth-order valence-electron chi connectivity index (χ4n) is 3.51. The number of rotatable bonds is 11. The monoisotopic (exact) mass is 348 g/mol. The first-order chi connectivity index (χ1) is 12.2. The molecule has 0 aromatic heterocycles. The van der Waals surface area contributed by atoms with Crippen molar-refractivity contribution in [3.05, 3.63) is 23.3 Å². The molecule has 0 radical (unpaired) electrons. The lowest BCUT2D eigenvalue weighted by Gasteiger charge is -2.25. The third-order valence-electron chi connectivity index (χ3n) is 4.96. The van der Waals surface area contributed by atoms with Crippen LogP contribution in [0.2, 0.25) is 0 Å². The molecule has 1 aromatic rings. The molecule has 0 amide bonds. The minimum Gasteiger partial charge on any atom is -0.507 e. The van der Waals surface area contributed by atoms with Gasteiger partial charge in [-0.05, 0) is 24.5 Å². The van der Waals surface area contributed by atoms with E-state index < -0.39 is 5.97 Å². The second-order valence-corrected chi connectivity index (χ2v) is 7.03. The smallest absolute Gasteiger partial charge is 0.342 e. The first-order valence-corrected chi connectivity index (χ1v) is 9.76. The zero-order valence-electron chi connectivity index (χ0n) is 15.7. The zero-order valence-corrected chi connectivity index (χ0v) is 15.7. The van der Waals surface area contributed by atoms with Crippen molar-refractivity contribution in [3.8, 4) is 11.5 Å². The predicted molar refractivity (Wildman–Crippen MR) is 99.4 cm³/mol. The molecule has 2 rings (SSSR count). The van der Waals surface area contributed by atoms with Crippen molar-refractivity contribution in [2.75, 3.05) is 7.11 Å². The number of hydrogen-bond donors (Lipinski definition) is 1. The molecule has 0 aliphatic carbocycles. The summed E-state index contributed by atoms with van der Waals surface area (Å²) in [4.78, 5) is 12.2. The van der Waals surface area contributed by atoms with Crippen LogP contribution in [0.4, 0.5) is 0 Å². The molecule has 0 saturated carbocycles. The van der Waals surface area contributed by atoms with Crippen molar-refractivity contribution >= 4 is 5.97 Å². The predicted octanol–water partition coefficient (Wildman–Crippen LogP) is 5.40. The highest BCUT2D eigenvalue weighted by Gasteiger charge is 2.29. The Bertz CT molecular complexity index is 553. The molecule has 0 saturated heterocycles. The van der Waals surface area contributed by atoms with Crippen LogP contribution < -0.4 is 4.74 Å². The minimum absolute atomic E-state index is 0.0547. The Morgan fingerprint density at radius 3 is 2.36 bits per heavy atom. The van der Waals surface area contributed by atoms with Crippen LogP contribution in [0, 0.1) is 0 Å². The molecule has 1 aromatic carbocycles. The highest BCUT2D eigenvalue weighted by Crippen LogP contribution is 2.33. The van der Waals surface area contributed by atoms with Gasteiger partial charge in [0.15, 0.2) is 0 Å². The molecule has 0 bridgehead atoms. The topological polar surface area (TPSA) is 55.8 Å². The first-order valence-electron chi connectivity index (χ1n) is 9.76. The van der Waals surface area contributed by atoms with E-state index in [-0.39, 0.29) is 11.9 Å². The number of benzene rings is 1. The van der Waals surface area contributed by atoms with E-state index in [0.717, 1.165) is 18.4 Å². The largest absolute Gasteiger partial charge is 0.507 e. The summed E-state index contributed by atoms with van der Waals surface area (Å²) in [5.41, 5.74) is 1.12. The van der Waals surface area contributed by atoms with Crippen LogP contribution in [0.3, 0.4) is 0 Å². The van der Waals surface area contributed by atoms with Crippen LogP contribution in [-0.4, -0.2) is 24.3 Å². The van der Waals surface area contributed by atoms with Crippen LogP contribution in [0.5, 0.6) is 11.5 Å². The summed E-state index contributed by atoms with van der Waals surface area (Å²) >= 11 is 0. The number of phenols is 1. The fraction of sp³-hybridized carbons (Fsp3) is 0.667. The lowest BCUT2D eigenvalue weighted by molar-refractivity contribution is 0.0227. The number of cyclic esters (lactones) is 1. The summed E-state index contributed by atoms with van der Waals surface area (Å²) < 4.78 is 10.7. The van der Waals surface area contributed by atoms with Gasteiger partial charge in [0.2, 0.25) is 0 Å². The van der Waals surface area contributed by atoms with Gasteiger partial charge in [-0.1, -0.05) is 58.3 Å². The van der Waals surface area contributed by atoms with Gasteiger partial charge in [-0.3, -0.25) is 0 Å². The maximum Gasteiger partial charge on any atom is 0.342 e. The molecular formula is C21H32O4. The van der Waals surface area contributed by atoms with Gasteiger partial charge in [-0.2, -0.15) is 0 Å². The number of carbonyl (C=O) groups excluding carboxylic acids is 1. The van der Waals surface area contributed by atoms with E-state index >= 15 is 0 Å². The Kier molecular flexibility index (Phi) is 8.10. The van der Waals surface area contributed by atoms with Gasteiger partial charge in [0.1, 0.15) is 23.2 Å². The lowest BCUT2D eigenvalue weighted by Crippen LogP contribution is -2.27. The summed E-state index contributed by atoms with van der Waals surface area (Å²) in [5, 5.41) is 9.99. The van der Waals surface area contributed by atoms with Crippen molar-refractivity contribution in [2.24, 2.45) is 0 Å². The summed E-state index contributed by atoms with van der Waals surface area (Å²) in [6.45, 7) is 2.24. The SMILES string of the molecule is CCCCCCCCCCC[C@@H]1Cc2cc(OC)cc(O)c2C(=O)O1. The van der Waals surface area contributed by atoms with E-state index in [0.29, 0.717) is 17.7 Å². The number of hydrogen-bond acceptors (Lipinski definition) is 4. The van der Waals surface area contributed by atoms with Crippen LogP contribution in [0.1, 0.15) is 87.1 Å². The quantitative estimate of drug-likeness (QED) is 0.429. The summed E-state index contributed by atoms with van der Waals surface area (Å²) in [5.74, 6) is 0.107. The molecular weight excluding hydrogens is 316 g/mol. The van der Waals surface area contributed by atoms with E-state index in [1.165, 1.54) is 57.4 Å². The number of aromatic hydroxyl groups is 1. The average Bonchev–Trinajstić information content (AvgIpc) is 2.59. The van der Waals surface area contributed by atoms with Gasteiger partial charge in [0.25, 0.3) is 0 Å². The van der Waals surface area contributed by atoms with E-state index in [9.17, 15) is 9.90 Å². The Hall–Kier alpha value is -1.71. The van der Waals surface area contributed by atoms with Gasteiger partial charge in [0.05, 0.1) is 7.11 Å². The lowest BCUT2D eigenvalue weighted by atomic mass is 9.94. The second-order valence-electron chi connectivity index (χ2n) is 7.03. The zero-order chi connectivity index (χ0) is 18.1. The molecule has 25 heavy (non-hydrogen) atoms. The van der Waals surface area contributed by atoms with Gasteiger partial charge in [0, 0.05) is 12.5 Å². The maximum absolute atomic E-state index is 12.2. The highest BCUT2D eigenvalue weighted by molar-refractivity contribution is 5.95. The van der Waals surface area contributed by atoms with Gasteiger partial charge >= 0.3 is 5.97 Å². The third kappa shape index (κ3) is 5.94. The van der Waals surface area contributed by atoms with Crippen molar-refractivity contribution in [1.29, 1.82) is 0 Å². The van der Waals surface area contributed by atoms with Crippen molar-refractivity contribution in [1.82, 2.24) is 0 Å². The molecule has 4 nitrogen and oxygen atoms in total. The Morgan fingerprint density at radius 2 is 1.72 bits per heavy atom. The molecule has 0 fully saturated rings. The first kappa shape index (κ1) is 19.6. The minimum atomic E-state index is -0.415. The summed E-state index contributed by atoms with van der Waals surface area (Å²) in [7, 11) is 1.56. The van der Waals surface area contributed by atoms with E-state index in [1.54, 1.807) is 7.11 Å². The molecule has 0 spiro atoms. The molecule has 1 aliphatic rings. The Balaban J connectivity index is 1.71. The molecule has 1 aliphatic heterocycles. The normalized spacial score (nSPS) is 16.4.